The minimum atomic E-state index is 0.143. The molecular formula is C21H23N3O2. The third-order valence-electron chi connectivity index (χ3n) is 4.60. The van der Waals surface area contributed by atoms with E-state index in [2.05, 4.69) is 11.0 Å². The maximum Gasteiger partial charge on any atom is 0.224 e. The normalized spacial score (nSPS) is 15.3. The first kappa shape index (κ1) is 18.0. The van der Waals surface area contributed by atoms with Gasteiger partial charge in [-0.15, -0.1) is 0 Å². The summed E-state index contributed by atoms with van der Waals surface area (Å²) >= 11 is 0. The van der Waals surface area contributed by atoms with Gasteiger partial charge in [-0.3, -0.25) is 9.69 Å². The number of para-hydroxylation sites is 1. The molecule has 0 N–H and O–H groups in total. The third-order valence-corrected chi connectivity index (χ3v) is 4.60. The quantitative estimate of drug-likeness (QED) is 0.805. The molecule has 0 unspecified atom stereocenters. The minimum absolute atomic E-state index is 0.143. The van der Waals surface area contributed by atoms with E-state index in [1.807, 2.05) is 53.4 Å². The number of benzene rings is 2. The first-order valence-electron chi connectivity index (χ1n) is 8.92. The van der Waals surface area contributed by atoms with Crippen molar-refractivity contribution in [3.63, 3.8) is 0 Å². The van der Waals surface area contributed by atoms with Gasteiger partial charge in [-0.2, -0.15) is 5.26 Å². The summed E-state index contributed by atoms with van der Waals surface area (Å²) in [4.78, 5) is 16.6. The van der Waals surface area contributed by atoms with Crippen LogP contribution >= 0.6 is 0 Å². The van der Waals surface area contributed by atoms with Gasteiger partial charge in [0.1, 0.15) is 12.4 Å². The van der Waals surface area contributed by atoms with Gasteiger partial charge < -0.3 is 9.64 Å². The van der Waals surface area contributed by atoms with Gasteiger partial charge in [0.2, 0.25) is 5.91 Å². The first-order chi connectivity index (χ1) is 12.8. The molecule has 5 nitrogen and oxygen atoms in total. The van der Waals surface area contributed by atoms with Crippen LogP contribution < -0.4 is 4.74 Å². The Labute approximate surface area is 154 Å². The Morgan fingerprint density at radius 3 is 2.58 bits per heavy atom. The molecule has 0 aliphatic carbocycles. The Hall–Kier alpha value is -2.84. The Kier molecular flexibility index (Phi) is 6.24. The van der Waals surface area contributed by atoms with Gasteiger partial charge in [0.25, 0.3) is 0 Å². The molecule has 0 atom stereocenters. The maximum absolute atomic E-state index is 12.4. The van der Waals surface area contributed by atoms with E-state index in [0.29, 0.717) is 31.7 Å². The van der Waals surface area contributed by atoms with Crippen molar-refractivity contribution >= 4 is 5.91 Å². The fourth-order valence-electron chi connectivity index (χ4n) is 3.08. The molecule has 1 aliphatic rings. The summed E-state index contributed by atoms with van der Waals surface area (Å²) in [5.74, 6) is 1.01. The standard InChI is InChI=1S/C21H23N3O2/c22-16-18-6-4-5-7-19(18)17-24-13-12-23(11-10-21(24)25)14-15-26-20-8-2-1-3-9-20/h1-9H,10-15,17H2. The summed E-state index contributed by atoms with van der Waals surface area (Å²) in [6.45, 7) is 4.13. The zero-order valence-corrected chi connectivity index (χ0v) is 14.8. The van der Waals surface area contributed by atoms with E-state index < -0.39 is 0 Å². The molecule has 1 saturated heterocycles. The average molecular weight is 349 g/mol. The Balaban J connectivity index is 1.51. The van der Waals surface area contributed by atoms with Crippen molar-refractivity contribution in [2.75, 3.05) is 32.8 Å². The van der Waals surface area contributed by atoms with Crippen LogP contribution in [0.4, 0.5) is 0 Å². The smallest absolute Gasteiger partial charge is 0.224 e. The number of rotatable bonds is 6. The van der Waals surface area contributed by atoms with Gasteiger partial charge >= 0.3 is 0 Å². The lowest BCUT2D eigenvalue weighted by molar-refractivity contribution is -0.130. The number of amides is 1. The molecule has 0 radical (unpaired) electrons. The lowest BCUT2D eigenvalue weighted by atomic mass is 10.1. The van der Waals surface area contributed by atoms with Crippen LogP contribution in [0.15, 0.2) is 54.6 Å². The van der Waals surface area contributed by atoms with Crippen LogP contribution in [0.25, 0.3) is 0 Å². The molecule has 1 fully saturated rings. The van der Waals surface area contributed by atoms with Crippen molar-refractivity contribution in [1.82, 2.24) is 9.80 Å². The molecule has 3 rings (SSSR count). The van der Waals surface area contributed by atoms with Crippen molar-refractivity contribution in [2.45, 2.75) is 13.0 Å². The highest BCUT2D eigenvalue weighted by Gasteiger charge is 2.21. The predicted octanol–water partition coefficient (Wildman–Crippen LogP) is 2.67. The molecule has 134 valence electrons. The summed E-state index contributed by atoms with van der Waals surface area (Å²) in [6, 6.07) is 19.4. The van der Waals surface area contributed by atoms with Gasteiger partial charge in [0.05, 0.1) is 11.6 Å². The summed E-state index contributed by atoms with van der Waals surface area (Å²) in [5, 5.41) is 9.23. The molecule has 0 aromatic heterocycles. The molecule has 5 heteroatoms. The van der Waals surface area contributed by atoms with Crippen molar-refractivity contribution < 1.29 is 9.53 Å². The molecule has 2 aromatic carbocycles. The van der Waals surface area contributed by atoms with E-state index >= 15 is 0 Å². The van der Waals surface area contributed by atoms with E-state index in [9.17, 15) is 10.1 Å². The van der Waals surface area contributed by atoms with Crippen LogP contribution in [0.3, 0.4) is 0 Å². The SMILES string of the molecule is N#Cc1ccccc1CN1CCN(CCOc2ccccc2)CCC1=O. The third kappa shape index (κ3) is 4.84. The number of nitrogens with zero attached hydrogens (tertiary/aromatic N) is 3. The van der Waals surface area contributed by atoms with E-state index in [4.69, 9.17) is 4.74 Å². The number of hydrogen-bond donors (Lipinski definition) is 0. The summed E-state index contributed by atoms with van der Waals surface area (Å²) in [7, 11) is 0. The molecule has 26 heavy (non-hydrogen) atoms. The first-order valence-corrected chi connectivity index (χ1v) is 8.92. The molecule has 0 saturated carbocycles. The number of hydrogen-bond acceptors (Lipinski definition) is 4. The number of carbonyl (C=O) groups is 1. The highest BCUT2D eigenvalue weighted by molar-refractivity contribution is 5.76. The average Bonchev–Trinajstić information content (AvgIpc) is 2.85. The summed E-state index contributed by atoms with van der Waals surface area (Å²) in [5.41, 5.74) is 1.54. The molecule has 2 aromatic rings. The Morgan fingerprint density at radius 1 is 1.00 bits per heavy atom. The van der Waals surface area contributed by atoms with E-state index in [1.165, 1.54) is 0 Å². The van der Waals surface area contributed by atoms with Crippen molar-refractivity contribution in [3.05, 3.63) is 65.7 Å². The molecular weight excluding hydrogens is 326 g/mol. The van der Waals surface area contributed by atoms with Gasteiger partial charge in [-0.05, 0) is 23.8 Å². The predicted molar refractivity (Wildman–Crippen MR) is 99.6 cm³/mol. The van der Waals surface area contributed by atoms with Crippen LogP contribution in [0, 0.1) is 11.3 Å². The molecule has 0 bridgehead atoms. The second-order valence-electron chi connectivity index (χ2n) is 6.34. The van der Waals surface area contributed by atoms with Crippen molar-refractivity contribution in [2.24, 2.45) is 0 Å². The van der Waals surface area contributed by atoms with Crippen LogP contribution in [0.2, 0.25) is 0 Å². The molecule has 1 heterocycles. The fraction of sp³-hybridized carbons (Fsp3) is 0.333. The van der Waals surface area contributed by atoms with E-state index in [1.54, 1.807) is 6.07 Å². The largest absolute Gasteiger partial charge is 0.492 e. The Morgan fingerprint density at radius 2 is 1.77 bits per heavy atom. The second-order valence-corrected chi connectivity index (χ2v) is 6.34. The Bertz CT molecular complexity index is 770. The van der Waals surface area contributed by atoms with E-state index in [0.717, 1.165) is 30.9 Å². The topological polar surface area (TPSA) is 56.6 Å². The van der Waals surface area contributed by atoms with Crippen LogP contribution in [0.5, 0.6) is 5.75 Å². The fourth-order valence-corrected chi connectivity index (χ4v) is 3.08. The minimum Gasteiger partial charge on any atom is -0.492 e. The lowest BCUT2D eigenvalue weighted by Gasteiger charge is -2.22. The monoisotopic (exact) mass is 349 g/mol. The van der Waals surface area contributed by atoms with Crippen LogP contribution in [-0.2, 0) is 11.3 Å². The van der Waals surface area contributed by atoms with Crippen molar-refractivity contribution in [3.8, 4) is 11.8 Å². The highest BCUT2D eigenvalue weighted by Crippen LogP contribution is 2.14. The summed E-state index contributed by atoms with van der Waals surface area (Å²) < 4.78 is 5.75. The van der Waals surface area contributed by atoms with Gasteiger partial charge in [-0.1, -0.05) is 36.4 Å². The zero-order valence-electron chi connectivity index (χ0n) is 14.8. The number of ether oxygens (including phenoxy) is 1. The number of carbonyl (C=O) groups excluding carboxylic acids is 1. The molecule has 0 spiro atoms. The second kappa shape index (κ2) is 9.02. The highest BCUT2D eigenvalue weighted by atomic mass is 16.5. The van der Waals surface area contributed by atoms with Gasteiger partial charge in [-0.25, -0.2) is 0 Å². The summed E-state index contributed by atoms with van der Waals surface area (Å²) in [6.07, 6.45) is 0.500. The zero-order chi connectivity index (χ0) is 18.2. The lowest BCUT2D eigenvalue weighted by Crippen LogP contribution is -2.34. The van der Waals surface area contributed by atoms with Gasteiger partial charge in [0.15, 0.2) is 0 Å². The molecule has 1 aliphatic heterocycles. The van der Waals surface area contributed by atoms with Crippen LogP contribution in [0.1, 0.15) is 17.5 Å². The van der Waals surface area contributed by atoms with Crippen LogP contribution in [-0.4, -0.2) is 48.5 Å². The van der Waals surface area contributed by atoms with Crippen molar-refractivity contribution in [1.29, 1.82) is 5.26 Å². The van der Waals surface area contributed by atoms with Gasteiger partial charge in [0, 0.05) is 39.1 Å². The number of nitriles is 1. The molecule has 1 amide bonds. The van der Waals surface area contributed by atoms with E-state index in [-0.39, 0.29) is 5.91 Å². The maximum atomic E-state index is 12.4.